The molecule has 94 valence electrons. The Morgan fingerprint density at radius 2 is 1.72 bits per heavy atom. The number of aryl methyl sites for hydroxylation is 2. The molecule has 0 bridgehead atoms. The van der Waals surface area contributed by atoms with Gasteiger partial charge in [-0.05, 0) is 36.1 Å². The van der Waals surface area contributed by atoms with E-state index in [0.29, 0.717) is 12.4 Å². The first-order valence-electron chi connectivity index (χ1n) is 5.63. The van der Waals surface area contributed by atoms with Crippen LogP contribution in [-0.4, -0.2) is 25.0 Å². The van der Waals surface area contributed by atoms with Gasteiger partial charge >= 0.3 is 0 Å². The maximum atomic E-state index is 9.82. The number of phenols is 1. The van der Waals surface area contributed by atoms with Crippen molar-refractivity contribution in [2.45, 2.75) is 26.7 Å². The number of nitrogens with zero attached hydrogens (tertiary/aromatic N) is 2. The van der Waals surface area contributed by atoms with Gasteiger partial charge in [0.2, 0.25) is 0 Å². The fraction of sp³-hybridized carbons (Fsp3) is 0.462. The van der Waals surface area contributed by atoms with Crippen molar-refractivity contribution in [1.29, 1.82) is 0 Å². The van der Waals surface area contributed by atoms with E-state index in [4.69, 9.17) is 0 Å². The smallest absolute Gasteiger partial charge is 0.124 e. The number of aromatic hydroxyl groups is 1. The van der Waals surface area contributed by atoms with Crippen LogP contribution in [0.1, 0.15) is 30.5 Å². The monoisotopic (exact) mass is 397 g/mol. The third-order valence-corrected chi connectivity index (χ3v) is 2.56. The van der Waals surface area contributed by atoms with Gasteiger partial charge in [-0.2, -0.15) is 7.05 Å². The first kappa shape index (κ1) is 21.2. The largest absolute Gasteiger partial charge is 0.646 e. The molecule has 1 rings (SSSR count). The number of phenolic OH excluding ortho intramolecular Hbond substituents is 1. The number of hydrogen-bond acceptors (Lipinski definition) is 2. The molecule has 0 aliphatic rings. The third kappa shape index (κ3) is 6.34. The molecule has 0 atom stereocenters. The Kier molecular flexibility index (Phi) is 13.7. The first-order valence-corrected chi connectivity index (χ1v) is 5.63. The molecule has 0 amide bonds. The van der Waals surface area contributed by atoms with Crippen molar-refractivity contribution in [1.82, 2.24) is 0 Å². The molecule has 0 spiro atoms. The van der Waals surface area contributed by atoms with Gasteiger partial charge in [-0.15, -0.1) is 0 Å². The summed E-state index contributed by atoms with van der Waals surface area (Å²) in [7, 11) is 1.72. The van der Waals surface area contributed by atoms with E-state index in [9.17, 15) is 5.11 Å². The summed E-state index contributed by atoms with van der Waals surface area (Å²) in [6, 6.07) is 3.84. The van der Waals surface area contributed by atoms with Crippen LogP contribution in [0.15, 0.2) is 17.1 Å². The van der Waals surface area contributed by atoms with Crippen molar-refractivity contribution >= 4 is 6.21 Å². The molecule has 0 fully saturated rings. The molecule has 5 heteroatoms. The van der Waals surface area contributed by atoms with E-state index >= 15 is 0 Å². The zero-order valence-electron chi connectivity index (χ0n) is 11.3. The standard InChI is InChI=1S/C13H19N2O.2Y/c1-4-10-6-12(8-15-9-14-3)13(16)7-11(10)5-2;;/h6-8,16H,4-5,9H2,1-3H3;;/q-1;;. The van der Waals surface area contributed by atoms with Crippen molar-refractivity contribution in [3.8, 4) is 5.75 Å². The van der Waals surface area contributed by atoms with Crippen LogP contribution >= 0.6 is 0 Å². The average Bonchev–Trinajstić information content (AvgIpc) is 2.31. The van der Waals surface area contributed by atoms with Gasteiger partial charge in [0.1, 0.15) is 5.75 Å². The second-order valence-electron chi connectivity index (χ2n) is 3.66. The van der Waals surface area contributed by atoms with Crippen molar-refractivity contribution in [3.05, 3.63) is 34.1 Å². The molecule has 0 aliphatic carbocycles. The van der Waals surface area contributed by atoms with E-state index in [1.165, 1.54) is 11.1 Å². The van der Waals surface area contributed by atoms with Crippen LogP contribution in [0.3, 0.4) is 0 Å². The zero-order valence-corrected chi connectivity index (χ0v) is 17.0. The molecule has 1 N–H and O–H groups in total. The number of benzene rings is 1. The molecule has 0 saturated heterocycles. The molecule has 0 saturated carbocycles. The van der Waals surface area contributed by atoms with Crippen molar-refractivity contribution in [2.24, 2.45) is 4.99 Å². The quantitative estimate of drug-likeness (QED) is 0.764. The van der Waals surface area contributed by atoms with Crippen molar-refractivity contribution in [3.63, 3.8) is 0 Å². The molecule has 3 nitrogen and oxygen atoms in total. The summed E-state index contributed by atoms with van der Waals surface area (Å²) in [4.78, 5) is 4.10. The summed E-state index contributed by atoms with van der Waals surface area (Å²) in [5, 5.41) is 13.7. The second-order valence-corrected chi connectivity index (χ2v) is 3.66. The SMILES string of the molecule is CCc1cc(O)c(C=NC[N-]C)cc1CC.[Y].[Y]. The van der Waals surface area contributed by atoms with Crippen LogP contribution in [-0.2, 0) is 78.3 Å². The van der Waals surface area contributed by atoms with Gasteiger partial charge < -0.3 is 15.4 Å². The van der Waals surface area contributed by atoms with Gasteiger partial charge in [0, 0.05) is 77.2 Å². The van der Waals surface area contributed by atoms with Crippen molar-refractivity contribution in [2.75, 3.05) is 13.7 Å². The van der Waals surface area contributed by atoms with E-state index in [1.807, 2.05) is 12.1 Å². The molecular formula is C13H19N2OY2-. The minimum Gasteiger partial charge on any atom is -0.646 e. The predicted molar refractivity (Wildman–Crippen MR) is 68.6 cm³/mol. The summed E-state index contributed by atoms with van der Waals surface area (Å²) in [6.07, 6.45) is 3.60. The number of aliphatic imine (C=N–C) groups is 1. The number of hydrogen-bond donors (Lipinski definition) is 1. The summed E-state index contributed by atoms with van der Waals surface area (Å²) >= 11 is 0. The topological polar surface area (TPSA) is 46.7 Å². The molecular weight excluding hydrogens is 378 g/mol. The molecule has 1 aromatic rings. The third-order valence-electron chi connectivity index (χ3n) is 2.56. The van der Waals surface area contributed by atoms with Crippen LogP contribution in [0.2, 0.25) is 0 Å². The minimum atomic E-state index is 0. The molecule has 0 aromatic heterocycles. The maximum Gasteiger partial charge on any atom is 0.124 e. The maximum absolute atomic E-state index is 9.82. The van der Waals surface area contributed by atoms with Crippen LogP contribution in [0.4, 0.5) is 0 Å². The Bertz CT molecular complexity index is 381. The normalized spacial score (nSPS) is 9.94. The van der Waals surface area contributed by atoms with E-state index in [1.54, 1.807) is 13.3 Å². The summed E-state index contributed by atoms with van der Waals surface area (Å²) in [6.45, 7) is 4.65. The van der Waals surface area contributed by atoms with Crippen LogP contribution in [0.5, 0.6) is 5.75 Å². The molecule has 1 aromatic carbocycles. The molecule has 18 heavy (non-hydrogen) atoms. The van der Waals surface area contributed by atoms with Crippen molar-refractivity contribution < 1.29 is 70.5 Å². The van der Waals surface area contributed by atoms with Gasteiger partial charge in [-0.1, -0.05) is 20.5 Å². The van der Waals surface area contributed by atoms with E-state index in [0.717, 1.165) is 18.4 Å². The van der Waals surface area contributed by atoms with Gasteiger partial charge in [0.25, 0.3) is 0 Å². The Morgan fingerprint density at radius 3 is 2.22 bits per heavy atom. The van der Waals surface area contributed by atoms with E-state index in [2.05, 4.69) is 24.2 Å². The zero-order chi connectivity index (χ0) is 12.0. The summed E-state index contributed by atoms with van der Waals surface area (Å²) < 4.78 is 0. The summed E-state index contributed by atoms with van der Waals surface area (Å²) in [5.41, 5.74) is 3.25. The fourth-order valence-corrected chi connectivity index (χ4v) is 1.68. The van der Waals surface area contributed by atoms with Gasteiger partial charge in [-0.3, -0.25) is 0 Å². The first-order chi connectivity index (χ1) is 7.72. The van der Waals surface area contributed by atoms with E-state index in [-0.39, 0.29) is 65.4 Å². The molecule has 0 unspecified atom stereocenters. The number of rotatable bonds is 5. The van der Waals surface area contributed by atoms with Crippen LogP contribution in [0, 0.1) is 0 Å². The molecule has 0 aliphatic heterocycles. The minimum absolute atomic E-state index is 0. The van der Waals surface area contributed by atoms with Gasteiger partial charge in [0.05, 0.1) is 0 Å². The second kappa shape index (κ2) is 11.7. The predicted octanol–water partition coefficient (Wildman–Crippen LogP) is 2.89. The molecule has 2 radical (unpaired) electrons. The Balaban J connectivity index is 0. The van der Waals surface area contributed by atoms with E-state index < -0.39 is 0 Å². The van der Waals surface area contributed by atoms with Crippen LogP contribution in [0.25, 0.3) is 5.32 Å². The Labute approximate surface area is 160 Å². The van der Waals surface area contributed by atoms with Gasteiger partial charge in [-0.25, -0.2) is 0 Å². The summed E-state index contributed by atoms with van der Waals surface area (Å²) in [5.74, 6) is 0.300. The van der Waals surface area contributed by atoms with Crippen LogP contribution < -0.4 is 0 Å². The average molecular weight is 397 g/mol. The Hall–Kier alpha value is 0.858. The fourth-order valence-electron chi connectivity index (χ4n) is 1.68. The molecule has 0 heterocycles. The Morgan fingerprint density at radius 1 is 1.17 bits per heavy atom. The van der Waals surface area contributed by atoms with Gasteiger partial charge in [0.15, 0.2) is 0 Å².